The fourth-order valence-corrected chi connectivity index (χ4v) is 4.45. The number of likely N-dealkylation sites (tertiary alicyclic amines) is 1. The van der Waals surface area contributed by atoms with Crippen LogP contribution in [0.15, 0.2) is 60.7 Å². The molecule has 0 radical (unpaired) electrons. The second kappa shape index (κ2) is 8.66. The fourth-order valence-electron chi connectivity index (χ4n) is 4.45. The molecule has 4 heteroatoms. The van der Waals surface area contributed by atoms with E-state index in [1.807, 2.05) is 60.7 Å². The minimum absolute atomic E-state index is 0.125. The first-order chi connectivity index (χ1) is 14.1. The molecule has 3 N–H and O–H groups in total. The average molecular weight is 390 g/mol. The maximum atomic E-state index is 12.9. The van der Waals surface area contributed by atoms with E-state index in [1.54, 1.807) is 0 Å². The van der Waals surface area contributed by atoms with Crippen molar-refractivity contribution in [2.45, 2.75) is 32.9 Å². The first kappa shape index (κ1) is 19.5. The summed E-state index contributed by atoms with van der Waals surface area (Å²) in [5.74, 6) is 0.588. The lowest BCUT2D eigenvalue weighted by Crippen LogP contribution is -3.12. The summed E-state index contributed by atoms with van der Waals surface area (Å²) in [5.41, 5.74) is 2.28. The number of piperidine rings is 1. The van der Waals surface area contributed by atoms with Crippen LogP contribution < -0.4 is 10.2 Å². The van der Waals surface area contributed by atoms with Gasteiger partial charge in [0.25, 0.3) is 5.91 Å². The maximum Gasteiger partial charge on any atom is 0.255 e. The highest BCUT2D eigenvalue weighted by Crippen LogP contribution is 2.31. The van der Waals surface area contributed by atoms with Gasteiger partial charge in [-0.3, -0.25) is 4.79 Å². The van der Waals surface area contributed by atoms with Crippen LogP contribution in [0.5, 0.6) is 5.75 Å². The molecule has 1 heterocycles. The number of fused-ring (bicyclic) bond motifs is 1. The van der Waals surface area contributed by atoms with E-state index in [0.717, 1.165) is 41.5 Å². The largest absolute Gasteiger partial charge is 0.507 e. The molecule has 3 aromatic rings. The standard InChI is InChI=1S/C25H28N2O2/c1-18-8-7-13-27(16-18)17-23-21-12-6-5-11-20(21)14-22(24(23)28)25(29)26-15-19-9-3-2-4-10-19/h2-6,9-12,14,18,28H,7-8,13,15-17H2,1H3,(H,26,29)/p+1/t18-/m1/s1. The Labute approximate surface area is 172 Å². The summed E-state index contributed by atoms with van der Waals surface area (Å²) in [6, 6.07) is 19.7. The number of nitrogens with one attached hydrogen (secondary N) is 2. The molecule has 1 amide bonds. The topological polar surface area (TPSA) is 53.8 Å². The zero-order chi connectivity index (χ0) is 20.2. The number of hydrogen-bond acceptors (Lipinski definition) is 2. The van der Waals surface area contributed by atoms with Gasteiger partial charge in [0, 0.05) is 12.5 Å². The minimum atomic E-state index is -0.236. The van der Waals surface area contributed by atoms with Crippen LogP contribution in [0.3, 0.4) is 0 Å². The third-order valence-electron chi connectivity index (χ3n) is 5.96. The van der Waals surface area contributed by atoms with Crippen LogP contribution >= 0.6 is 0 Å². The Balaban J connectivity index is 1.63. The Kier molecular flexibility index (Phi) is 5.81. The number of phenolic OH excluding ortho intramolecular Hbond substituents is 1. The first-order valence-electron chi connectivity index (χ1n) is 10.5. The van der Waals surface area contributed by atoms with Gasteiger partial charge in [-0.15, -0.1) is 0 Å². The maximum absolute atomic E-state index is 12.9. The van der Waals surface area contributed by atoms with Crippen molar-refractivity contribution in [2.24, 2.45) is 5.92 Å². The van der Waals surface area contributed by atoms with Gasteiger partial charge in [0.05, 0.1) is 24.2 Å². The van der Waals surface area contributed by atoms with Crippen LogP contribution in [0.1, 0.15) is 41.3 Å². The Bertz CT molecular complexity index is 1000. The first-order valence-corrected chi connectivity index (χ1v) is 10.5. The van der Waals surface area contributed by atoms with E-state index in [-0.39, 0.29) is 11.7 Å². The highest BCUT2D eigenvalue weighted by atomic mass is 16.3. The van der Waals surface area contributed by atoms with Crippen molar-refractivity contribution in [2.75, 3.05) is 13.1 Å². The van der Waals surface area contributed by atoms with Crippen molar-refractivity contribution in [3.05, 3.63) is 77.4 Å². The van der Waals surface area contributed by atoms with Gasteiger partial charge >= 0.3 is 0 Å². The molecule has 4 nitrogen and oxygen atoms in total. The van der Waals surface area contributed by atoms with E-state index in [1.165, 1.54) is 17.7 Å². The summed E-state index contributed by atoms with van der Waals surface area (Å²) in [4.78, 5) is 14.4. The molecule has 1 saturated heterocycles. The van der Waals surface area contributed by atoms with Crippen LogP contribution in [-0.4, -0.2) is 24.1 Å². The number of benzene rings is 3. The molecule has 1 fully saturated rings. The zero-order valence-corrected chi connectivity index (χ0v) is 16.9. The lowest BCUT2D eigenvalue weighted by atomic mass is 9.96. The van der Waals surface area contributed by atoms with Gasteiger partial charge in [-0.25, -0.2) is 0 Å². The number of rotatable bonds is 5. The number of carbonyl (C=O) groups excluding carboxylic acids is 1. The molecule has 0 aromatic heterocycles. The number of amides is 1. The van der Waals surface area contributed by atoms with Gasteiger partial charge in [-0.2, -0.15) is 0 Å². The third-order valence-corrected chi connectivity index (χ3v) is 5.96. The molecule has 3 aromatic carbocycles. The van der Waals surface area contributed by atoms with Crippen LogP contribution in [0.2, 0.25) is 0 Å². The van der Waals surface area contributed by atoms with Crippen molar-refractivity contribution in [3.8, 4) is 5.75 Å². The number of quaternary nitrogens is 1. The number of hydrogen-bond donors (Lipinski definition) is 3. The Morgan fingerprint density at radius 1 is 1.14 bits per heavy atom. The van der Waals surface area contributed by atoms with Crippen molar-refractivity contribution in [1.29, 1.82) is 0 Å². The van der Waals surface area contributed by atoms with Crippen LogP contribution in [0.25, 0.3) is 10.8 Å². The predicted octanol–water partition coefficient (Wildman–Crippen LogP) is 3.29. The van der Waals surface area contributed by atoms with E-state index in [4.69, 9.17) is 0 Å². The summed E-state index contributed by atoms with van der Waals surface area (Å²) in [6.45, 7) is 5.71. The summed E-state index contributed by atoms with van der Waals surface area (Å²) in [7, 11) is 0. The van der Waals surface area contributed by atoms with E-state index >= 15 is 0 Å². The van der Waals surface area contributed by atoms with E-state index < -0.39 is 0 Å². The molecule has 0 saturated carbocycles. The molecule has 150 valence electrons. The molecule has 1 aliphatic heterocycles. The van der Waals surface area contributed by atoms with Gasteiger partial charge in [-0.05, 0) is 35.2 Å². The van der Waals surface area contributed by atoms with Gasteiger partial charge in [0.1, 0.15) is 12.3 Å². The molecule has 0 aliphatic carbocycles. The zero-order valence-electron chi connectivity index (χ0n) is 16.9. The van der Waals surface area contributed by atoms with E-state index in [0.29, 0.717) is 18.0 Å². The van der Waals surface area contributed by atoms with E-state index in [9.17, 15) is 9.90 Å². The van der Waals surface area contributed by atoms with E-state index in [2.05, 4.69) is 12.2 Å². The fraction of sp³-hybridized carbons (Fsp3) is 0.320. The molecule has 4 rings (SSSR count). The molecular weight excluding hydrogens is 360 g/mol. The number of aromatic hydroxyl groups is 1. The molecular formula is C25H29N2O2+. The number of phenols is 1. The molecule has 2 atom stereocenters. The number of carbonyl (C=O) groups is 1. The van der Waals surface area contributed by atoms with Crippen molar-refractivity contribution in [1.82, 2.24) is 5.32 Å². The smallest absolute Gasteiger partial charge is 0.255 e. The SMILES string of the molecule is C[C@@H]1CCC[NH+](Cc2c(O)c(C(=O)NCc3ccccc3)cc3ccccc23)C1. The highest BCUT2D eigenvalue weighted by Gasteiger charge is 2.24. The Morgan fingerprint density at radius 3 is 2.69 bits per heavy atom. The molecule has 29 heavy (non-hydrogen) atoms. The van der Waals surface area contributed by atoms with Crippen molar-refractivity contribution in [3.63, 3.8) is 0 Å². The Morgan fingerprint density at radius 2 is 1.90 bits per heavy atom. The molecule has 1 aliphatic rings. The molecule has 1 unspecified atom stereocenters. The van der Waals surface area contributed by atoms with Gasteiger partial charge in [0.15, 0.2) is 0 Å². The predicted molar refractivity (Wildman–Crippen MR) is 116 cm³/mol. The quantitative estimate of drug-likeness (QED) is 0.627. The lowest BCUT2D eigenvalue weighted by Gasteiger charge is -2.28. The summed E-state index contributed by atoms with van der Waals surface area (Å²) in [5, 5.41) is 16.1. The minimum Gasteiger partial charge on any atom is -0.507 e. The summed E-state index contributed by atoms with van der Waals surface area (Å²) >= 11 is 0. The molecule has 0 spiro atoms. The summed E-state index contributed by atoms with van der Waals surface area (Å²) < 4.78 is 0. The lowest BCUT2D eigenvalue weighted by molar-refractivity contribution is -0.922. The van der Waals surface area contributed by atoms with Gasteiger partial charge in [0.2, 0.25) is 0 Å². The summed E-state index contributed by atoms with van der Waals surface area (Å²) in [6.07, 6.45) is 2.49. The van der Waals surface area contributed by atoms with Crippen LogP contribution in [-0.2, 0) is 13.1 Å². The second-order valence-corrected chi connectivity index (χ2v) is 8.27. The monoisotopic (exact) mass is 389 g/mol. The normalized spacial score (nSPS) is 19.2. The Hall–Kier alpha value is -2.85. The second-order valence-electron chi connectivity index (χ2n) is 8.27. The highest BCUT2D eigenvalue weighted by molar-refractivity contribution is 6.03. The van der Waals surface area contributed by atoms with Crippen molar-refractivity contribution >= 4 is 16.7 Å². The van der Waals surface area contributed by atoms with Crippen LogP contribution in [0.4, 0.5) is 0 Å². The van der Waals surface area contributed by atoms with Crippen LogP contribution in [0, 0.1) is 5.92 Å². The van der Waals surface area contributed by atoms with Gasteiger partial charge < -0.3 is 15.3 Å². The molecule has 0 bridgehead atoms. The third kappa shape index (κ3) is 4.43. The van der Waals surface area contributed by atoms with Gasteiger partial charge in [-0.1, -0.05) is 61.5 Å². The van der Waals surface area contributed by atoms with Crippen molar-refractivity contribution < 1.29 is 14.8 Å². The average Bonchev–Trinajstić information content (AvgIpc) is 2.74.